The van der Waals surface area contributed by atoms with E-state index in [0.717, 1.165) is 11.8 Å². The van der Waals surface area contributed by atoms with Crippen LogP contribution in [0.4, 0.5) is 0 Å². The molecule has 0 fully saturated rings. The molecule has 0 aliphatic carbocycles. The van der Waals surface area contributed by atoms with Gasteiger partial charge in [0.25, 0.3) is 5.91 Å². The summed E-state index contributed by atoms with van der Waals surface area (Å²) < 4.78 is 4.99. The number of nitrogens with one attached hydrogen (secondary N) is 1. The van der Waals surface area contributed by atoms with Crippen LogP contribution in [0.15, 0.2) is 34.1 Å². The zero-order chi connectivity index (χ0) is 16.1. The average Bonchev–Trinajstić information content (AvgIpc) is 2.52. The molecule has 6 nitrogen and oxygen atoms in total. The Balaban J connectivity index is 2.26. The third-order valence-corrected chi connectivity index (χ3v) is 5.31. The number of methoxy groups -OCH3 is 1. The van der Waals surface area contributed by atoms with Crippen molar-refractivity contribution in [2.45, 2.75) is 5.37 Å². The van der Waals surface area contributed by atoms with Crippen LogP contribution >= 0.6 is 23.5 Å². The van der Waals surface area contributed by atoms with E-state index in [-0.39, 0.29) is 17.1 Å². The standard InChI is InChI=1S/C14H12N2O4S2/c1-20-11(18)7-21-14-9(6-15)12(19)16-13(22-14)8-4-2-3-5-10(8)17/h2-5,13,17H,7H2,1H3,(H,16,19). The molecule has 1 atom stereocenters. The second-order valence-corrected chi connectivity index (χ2v) is 6.53. The monoisotopic (exact) mass is 336 g/mol. The number of hydrogen-bond donors (Lipinski definition) is 2. The Bertz CT molecular complexity index is 682. The van der Waals surface area contributed by atoms with Crippen molar-refractivity contribution in [1.82, 2.24) is 5.32 Å². The van der Waals surface area contributed by atoms with Gasteiger partial charge in [0.15, 0.2) is 0 Å². The third-order valence-electron chi connectivity index (χ3n) is 2.80. The lowest BCUT2D eigenvalue weighted by molar-refractivity contribution is -0.137. The summed E-state index contributed by atoms with van der Waals surface area (Å²) in [7, 11) is 1.27. The summed E-state index contributed by atoms with van der Waals surface area (Å²) in [6, 6.07) is 8.47. The number of benzene rings is 1. The minimum Gasteiger partial charge on any atom is -0.508 e. The molecule has 2 N–H and O–H groups in total. The summed E-state index contributed by atoms with van der Waals surface area (Å²) in [5.41, 5.74) is 0.500. The number of rotatable bonds is 4. The highest BCUT2D eigenvalue weighted by atomic mass is 32.2. The number of esters is 1. The topological polar surface area (TPSA) is 99.4 Å². The van der Waals surface area contributed by atoms with Crippen LogP contribution in [0.5, 0.6) is 5.75 Å². The first-order valence-electron chi connectivity index (χ1n) is 6.16. The number of carbonyl (C=O) groups excluding carboxylic acids is 2. The van der Waals surface area contributed by atoms with Crippen molar-refractivity contribution in [3.05, 3.63) is 39.6 Å². The Hall–Kier alpha value is -2.11. The predicted molar refractivity (Wildman–Crippen MR) is 83.7 cm³/mol. The molecule has 0 radical (unpaired) electrons. The van der Waals surface area contributed by atoms with Gasteiger partial charge in [0, 0.05) is 5.56 Å². The number of phenolic OH excluding ortho intramolecular Hbond substituents is 1. The molecule has 1 aromatic carbocycles. The lowest BCUT2D eigenvalue weighted by atomic mass is 10.2. The van der Waals surface area contributed by atoms with Gasteiger partial charge in [-0.1, -0.05) is 30.0 Å². The van der Waals surface area contributed by atoms with Gasteiger partial charge in [-0.15, -0.1) is 11.8 Å². The molecule has 1 aliphatic heterocycles. The molecule has 8 heteroatoms. The second-order valence-electron chi connectivity index (χ2n) is 4.17. The maximum Gasteiger partial charge on any atom is 0.316 e. The number of ether oxygens (including phenoxy) is 1. The van der Waals surface area contributed by atoms with Gasteiger partial charge in [-0.3, -0.25) is 9.59 Å². The van der Waals surface area contributed by atoms with Crippen molar-refractivity contribution in [1.29, 1.82) is 5.26 Å². The molecule has 1 unspecified atom stereocenters. The number of amides is 1. The maximum absolute atomic E-state index is 12.0. The van der Waals surface area contributed by atoms with Crippen LogP contribution in [0.3, 0.4) is 0 Å². The average molecular weight is 336 g/mol. The van der Waals surface area contributed by atoms with Crippen molar-refractivity contribution in [3.8, 4) is 11.8 Å². The zero-order valence-corrected chi connectivity index (χ0v) is 13.2. The Morgan fingerprint density at radius 1 is 1.55 bits per heavy atom. The summed E-state index contributed by atoms with van der Waals surface area (Å²) >= 11 is 2.28. The molecule has 1 amide bonds. The van der Waals surface area contributed by atoms with E-state index in [1.54, 1.807) is 18.2 Å². The smallest absolute Gasteiger partial charge is 0.316 e. The van der Waals surface area contributed by atoms with E-state index in [1.165, 1.54) is 24.9 Å². The minimum atomic E-state index is -0.526. The predicted octanol–water partition coefficient (Wildman–Crippen LogP) is 1.90. The van der Waals surface area contributed by atoms with Gasteiger partial charge in [-0.05, 0) is 6.07 Å². The van der Waals surface area contributed by atoms with Crippen LogP contribution in [0, 0.1) is 11.3 Å². The van der Waals surface area contributed by atoms with Crippen LogP contribution in [0.1, 0.15) is 10.9 Å². The largest absolute Gasteiger partial charge is 0.508 e. The fourth-order valence-electron chi connectivity index (χ4n) is 1.72. The van der Waals surface area contributed by atoms with Gasteiger partial charge in [0.05, 0.1) is 17.1 Å². The van der Waals surface area contributed by atoms with Gasteiger partial charge in [-0.25, -0.2) is 0 Å². The van der Waals surface area contributed by atoms with E-state index in [9.17, 15) is 14.7 Å². The van der Waals surface area contributed by atoms with Crippen molar-refractivity contribution in [2.75, 3.05) is 12.9 Å². The highest BCUT2D eigenvalue weighted by Gasteiger charge is 2.30. The van der Waals surface area contributed by atoms with E-state index >= 15 is 0 Å². The molecule has 1 aromatic rings. The number of nitrogens with zero attached hydrogens (tertiary/aromatic N) is 1. The van der Waals surface area contributed by atoms with E-state index in [1.807, 2.05) is 6.07 Å². The number of hydrogen-bond acceptors (Lipinski definition) is 7. The quantitative estimate of drug-likeness (QED) is 0.810. The summed E-state index contributed by atoms with van der Waals surface area (Å²) in [4.78, 5) is 23.3. The molecule has 0 bridgehead atoms. The molecule has 0 aromatic heterocycles. The van der Waals surface area contributed by atoms with Crippen molar-refractivity contribution >= 4 is 35.4 Å². The van der Waals surface area contributed by atoms with Crippen LogP contribution in [-0.4, -0.2) is 29.8 Å². The van der Waals surface area contributed by atoms with Crippen molar-refractivity contribution < 1.29 is 19.4 Å². The van der Waals surface area contributed by atoms with Gasteiger partial charge in [-0.2, -0.15) is 5.26 Å². The summed E-state index contributed by atoms with van der Waals surface area (Å²) in [5.74, 6) is -0.912. The molecule has 1 aliphatic rings. The summed E-state index contributed by atoms with van der Waals surface area (Å²) in [6.07, 6.45) is 0. The first-order valence-corrected chi connectivity index (χ1v) is 8.02. The molecule has 0 saturated carbocycles. The molecule has 2 rings (SSSR count). The van der Waals surface area contributed by atoms with Crippen LogP contribution < -0.4 is 5.32 Å². The number of phenols is 1. The van der Waals surface area contributed by atoms with Gasteiger partial charge in [0.2, 0.25) is 0 Å². The number of aromatic hydroxyl groups is 1. The first kappa shape index (κ1) is 16.3. The van der Waals surface area contributed by atoms with Crippen LogP contribution in [0.25, 0.3) is 0 Å². The SMILES string of the molecule is COC(=O)CSC1=C(C#N)C(=O)NC(c2ccccc2O)S1. The van der Waals surface area contributed by atoms with E-state index in [0.29, 0.717) is 9.80 Å². The Kier molecular flexibility index (Phi) is 5.35. The number of nitriles is 1. The highest BCUT2D eigenvalue weighted by Crippen LogP contribution is 2.45. The van der Waals surface area contributed by atoms with Gasteiger partial charge in [0.1, 0.15) is 22.8 Å². The molecule has 0 saturated heterocycles. The zero-order valence-electron chi connectivity index (χ0n) is 11.5. The van der Waals surface area contributed by atoms with Gasteiger partial charge < -0.3 is 15.2 Å². The fourth-order valence-corrected chi connectivity index (χ4v) is 4.07. The normalized spacial score (nSPS) is 17.6. The van der Waals surface area contributed by atoms with E-state index < -0.39 is 17.3 Å². The molecule has 22 heavy (non-hydrogen) atoms. The third kappa shape index (κ3) is 3.55. The fraction of sp³-hybridized carbons (Fsp3) is 0.214. The first-order chi connectivity index (χ1) is 10.6. The van der Waals surface area contributed by atoms with Gasteiger partial charge >= 0.3 is 5.97 Å². The molecule has 1 heterocycles. The molecule has 114 valence electrons. The minimum absolute atomic E-state index is 0.00475. The number of para-hydroxylation sites is 1. The summed E-state index contributed by atoms with van der Waals surface area (Å²) in [6.45, 7) is 0. The lowest BCUT2D eigenvalue weighted by Crippen LogP contribution is -2.31. The highest BCUT2D eigenvalue weighted by molar-refractivity contribution is 8.22. The Morgan fingerprint density at radius 3 is 2.91 bits per heavy atom. The second kappa shape index (κ2) is 7.24. The Labute approximate surface area is 135 Å². The summed E-state index contributed by atoms with van der Waals surface area (Å²) in [5, 5.41) is 21.1. The van der Waals surface area contributed by atoms with E-state index in [2.05, 4.69) is 10.1 Å². The lowest BCUT2D eigenvalue weighted by Gasteiger charge is -2.25. The number of carbonyl (C=O) groups is 2. The van der Waals surface area contributed by atoms with Crippen molar-refractivity contribution in [2.24, 2.45) is 0 Å². The molecular weight excluding hydrogens is 324 g/mol. The number of thioether (sulfide) groups is 2. The molecule has 0 spiro atoms. The van der Waals surface area contributed by atoms with Crippen molar-refractivity contribution in [3.63, 3.8) is 0 Å². The Morgan fingerprint density at radius 2 is 2.27 bits per heavy atom. The van der Waals surface area contributed by atoms with E-state index in [4.69, 9.17) is 5.26 Å². The van der Waals surface area contributed by atoms with Crippen LogP contribution in [-0.2, 0) is 14.3 Å². The molecular formula is C14H12N2O4S2. The van der Waals surface area contributed by atoms with Crippen LogP contribution in [0.2, 0.25) is 0 Å². The maximum atomic E-state index is 12.0.